The number of benzene rings is 3. The Kier molecular flexibility index (Phi) is 4.15. The van der Waals surface area contributed by atoms with Gasteiger partial charge in [-0.15, -0.1) is 0 Å². The topological polar surface area (TPSA) is 25.8 Å². The number of hydrogen-bond donors (Lipinski definition) is 0. The van der Waals surface area contributed by atoms with Gasteiger partial charge in [-0.25, -0.2) is 9.97 Å². The Morgan fingerprint density at radius 2 is 1.00 bits per heavy atom. The average molecular weight is 358 g/mol. The second kappa shape index (κ2) is 7.09. The lowest BCUT2D eigenvalue weighted by atomic mass is 10.0. The SMILES string of the molecule is c1ccc(-c2cccc(-c3cccc4ccc(-c5ccccc5)nc34)n2)cc1. The van der Waals surface area contributed by atoms with Crippen LogP contribution < -0.4 is 0 Å². The zero-order valence-electron chi connectivity index (χ0n) is 15.3. The van der Waals surface area contributed by atoms with E-state index in [0.717, 1.165) is 44.7 Å². The normalized spacial score (nSPS) is 10.9. The fourth-order valence-electron chi connectivity index (χ4n) is 3.48. The highest BCUT2D eigenvalue weighted by Crippen LogP contribution is 2.30. The van der Waals surface area contributed by atoms with Gasteiger partial charge < -0.3 is 0 Å². The van der Waals surface area contributed by atoms with Crippen LogP contribution in [-0.2, 0) is 0 Å². The second-order valence-electron chi connectivity index (χ2n) is 6.71. The van der Waals surface area contributed by atoms with Crippen molar-refractivity contribution in [2.24, 2.45) is 0 Å². The van der Waals surface area contributed by atoms with Gasteiger partial charge in [-0.05, 0) is 18.2 Å². The molecular formula is C26H18N2. The first-order valence-corrected chi connectivity index (χ1v) is 9.36. The molecule has 3 aromatic carbocycles. The van der Waals surface area contributed by atoms with Crippen LogP contribution in [0, 0.1) is 0 Å². The van der Waals surface area contributed by atoms with Crippen LogP contribution in [0.2, 0.25) is 0 Å². The van der Waals surface area contributed by atoms with Gasteiger partial charge in [-0.3, -0.25) is 0 Å². The summed E-state index contributed by atoms with van der Waals surface area (Å²) in [5.74, 6) is 0. The van der Waals surface area contributed by atoms with E-state index in [9.17, 15) is 0 Å². The van der Waals surface area contributed by atoms with Gasteiger partial charge in [0.1, 0.15) is 0 Å². The van der Waals surface area contributed by atoms with Crippen molar-refractivity contribution in [1.82, 2.24) is 9.97 Å². The minimum Gasteiger partial charge on any atom is -0.248 e. The van der Waals surface area contributed by atoms with Crippen molar-refractivity contribution in [3.05, 3.63) is 109 Å². The lowest BCUT2D eigenvalue weighted by molar-refractivity contribution is 1.32. The highest BCUT2D eigenvalue weighted by atomic mass is 14.7. The summed E-state index contributed by atoms with van der Waals surface area (Å²) in [6.07, 6.45) is 0. The van der Waals surface area contributed by atoms with Crippen molar-refractivity contribution in [3.63, 3.8) is 0 Å². The van der Waals surface area contributed by atoms with Gasteiger partial charge >= 0.3 is 0 Å². The third-order valence-corrected chi connectivity index (χ3v) is 4.88. The third kappa shape index (κ3) is 3.06. The molecule has 0 unspecified atom stereocenters. The summed E-state index contributed by atoms with van der Waals surface area (Å²) in [7, 11) is 0. The summed E-state index contributed by atoms with van der Waals surface area (Å²) in [6, 6.07) is 37.2. The Balaban J connectivity index is 1.67. The summed E-state index contributed by atoms with van der Waals surface area (Å²) >= 11 is 0. The highest BCUT2D eigenvalue weighted by molar-refractivity contribution is 5.94. The number of aromatic nitrogens is 2. The molecule has 2 heteroatoms. The second-order valence-corrected chi connectivity index (χ2v) is 6.71. The van der Waals surface area contributed by atoms with Gasteiger partial charge in [-0.1, -0.05) is 91.0 Å². The van der Waals surface area contributed by atoms with E-state index in [1.54, 1.807) is 0 Å². The smallest absolute Gasteiger partial charge is 0.0803 e. The van der Waals surface area contributed by atoms with Crippen molar-refractivity contribution in [1.29, 1.82) is 0 Å². The summed E-state index contributed by atoms with van der Waals surface area (Å²) < 4.78 is 0. The van der Waals surface area contributed by atoms with Gasteiger partial charge in [0, 0.05) is 22.1 Å². The molecule has 2 heterocycles. The van der Waals surface area contributed by atoms with Gasteiger partial charge in [0.25, 0.3) is 0 Å². The van der Waals surface area contributed by atoms with Crippen LogP contribution in [0.25, 0.3) is 44.7 Å². The standard InChI is InChI=1S/C26H18N2/c1-3-9-19(10-4-1)23-15-8-16-25(27-23)22-14-7-13-21-17-18-24(28-26(21)22)20-11-5-2-6-12-20/h1-18H. The number of rotatable bonds is 3. The van der Waals surface area contributed by atoms with Crippen LogP contribution in [0.5, 0.6) is 0 Å². The van der Waals surface area contributed by atoms with Crippen molar-refractivity contribution in [2.45, 2.75) is 0 Å². The van der Waals surface area contributed by atoms with Gasteiger partial charge in [0.05, 0.1) is 22.6 Å². The van der Waals surface area contributed by atoms with Crippen LogP contribution in [0.1, 0.15) is 0 Å². The molecule has 0 saturated heterocycles. The molecule has 5 aromatic rings. The Hall–Kier alpha value is -3.78. The van der Waals surface area contributed by atoms with E-state index in [4.69, 9.17) is 9.97 Å². The largest absolute Gasteiger partial charge is 0.248 e. The zero-order chi connectivity index (χ0) is 18.8. The fourth-order valence-corrected chi connectivity index (χ4v) is 3.48. The van der Waals surface area contributed by atoms with E-state index in [1.165, 1.54) is 0 Å². The van der Waals surface area contributed by atoms with Crippen molar-refractivity contribution in [2.75, 3.05) is 0 Å². The van der Waals surface area contributed by atoms with Crippen molar-refractivity contribution in [3.8, 4) is 33.8 Å². The average Bonchev–Trinajstić information content (AvgIpc) is 2.79. The maximum Gasteiger partial charge on any atom is 0.0803 e. The molecule has 0 bridgehead atoms. The van der Waals surface area contributed by atoms with Gasteiger partial charge in [-0.2, -0.15) is 0 Å². The van der Waals surface area contributed by atoms with Gasteiger partial charge in [0.2, 0.25) is 0 Å². The lowest BCUT2D eigenvalue weighted by Crippen LogP contribution is -1.92. The summed E-state index contributed by atoms with van der Waals surface area (Å²) in [5.41, 5.74) is 7.13. The van der Waals surface area contributed by atoms with E-state index in [1.807, 2.05) is 42.5 Å². The first-order chi connectivity index (χ1) is 13.9. The van der Waals surface area contributed by atoms with E-state index in [0.29, 0.717) is 0 Å². The number of hydrogen-bond acceptors (Lipinski definition) is 2. The molecule has 0 amide bonds. The molecule has 0 saturated carbocycles. The van der Waals surface area contributed by atoms with E-state index >= 15 is 0 Å². The number of para-hydroxylation sites is 1. The first kappa shape index (κ1) is 16.4. The number of nitrogens with zero attached hydrogens (tertiary/aromatic N) is 2. The molecule has 132 valence electrons. The molecule has 28 heavy (non-hydrogen) atoms. The predicted molar refractivity (Wildman–Crippen MR) is 116 cm³/mol. The number of pyridine rings is 2. The molecule has 0 spiro atoms. The predicted octanol–water partition coefficient (Wildman–Crippen LogP) is 6.63. The highest BCUT2D eigenvalue weighted by Gasteiger charge is 2.09. The minimum absolute atomic E-state index is 0.935. The Morgan fingerprint density at radius 1 is 0.393 bits per heavy atom. The molecule has 2 nitrogen and oxygen atoms in total. The number of fused-ring (bicyclic) bond motifs is 1. The lowest BCUT2D eigenvalue weighted by Gasteiger charge is -2.09. The Morgan fingerprint density at radius 3 is 1.71 bits per heavy atom. The van der Waals surface area contributed by atoms with E-state index in [2.05, 4.69) is 66.7 Å². The molecule has 0 atom stereocenters. The molecular weight excluding hydrogens is 340 g/mol. The molecule has 2 aromatic heterocycles. The molecule has 0 aliphatic rings. The monoisotopic (exact) mass is 358 g/mol. The van der Waals surface area contributed by atoms with Crippen LogP contribution in [0.4, 0.5) is 0 Å². The quantitative estimate of drug-likeness (QED) is 0.362. The van der Waals surface area contributed by atoms with Crippen LogP contribution in [0.15, 0.2) is 109 Å². The summed E-state index contributed by atoms with van der Waals surface area (Å²) in [6.45, 7) is 0. The molecule has 0 radical (unpaired) electrons. The fraction of sp³-hybridized carbons (Fsp3) is 0. The zero-order valence-corrected chi connectivity index (χ0v) is 15.3. The van der Waals surface area contributed by atoms with E-state index in [-0.39, 0.29) is 0 Å². The van der Waals surface area contributed by atoms with Crippen LogP contribution in [0.3, 0.4) is 0 Å². The van der Waals surface area contributed by atoms with Crippen molar-refractivity contribution >= 4 is 10.9 Å². The molecule has 5 rings (SSSR count). The minimum atomic E-state index is 0.935. The third-order valence-electron chi connectivity index (χ3n) is 4.88. The van der Waals surface area contributed by atoms with Crippen molar-refractivity contribution < 1.29 is 0 Å². The summed E-state index contributed by atoms with van der Waals surface area (Å²) in [5, 5.41) is 1.11. The molecule has 0 N–H and O–H groups in total. The van der Waals surface area contributed by atoms with Crippen LogP contribution in [-0.4, -0.2) is 9.97 Å². The van der Waals surface area contributed by atoms with E-state index < -0.39 is 0 Å². The Labute approximate surface area is 164 Å². The van der Waals surface area contributed by atoms with Gasteiger partial charge in [0.15, 0.2) is 0 Å². The molecule has 0 fully saturated rings. The Bertz CT molecular complexity index is 1250. The van der Waals surface area contributed by atoms with Crippen LogP contribution >= 0.6 is 0 Å². The molecule has 0 aliphatic carbocycles. The first-order valence-electron chi connectivity index (χ1n) is 9.36. The molecule has 0 aliphatic heterocycles. The maximum absolute atomic E-state index is 4.98. The maximum atomic E-state index is 4.98. The summed E-state index contributed by atoms with van der Waals surface area (Å²) in [4.78, 5) is 9.91.